The Morgan fingerprint density at radius 3 is 2.26 bits per heavy atom. The Balaban J connectivity index is 1.41. The molecule has 2 aliphatic rings. The third-order valence-corrected chi connectivity index (χ3v) is 5.78. The summed E-state index contributed by atoms with van der Waals surface area (Å²) in [6.07, 6.45) is 0. The van der Waals surface area contributed by atoms with E-state index in [2.05, 4.69) is 10.2 Å². The molecule has 4 rings (SSSR count). The van der Waals surface area contributed by atoms with Gasteiger partial charge in [0.2, 0.25) is 0 Å². The average Bonchev–Trinajstić information content (AvgIpc) is 2.98. The van der Waals surface area contributed by atoms with Gasteiger partial charge in [-0.1, -0.05) is 17.7 Å². The zero-order valence-electron chi connectivity index (χ0n) is 17.8. The van der Waals surface area contributed by atoms with E-state index < -0.39 is 5.54 Å². The minimum Gasteiger partial charge on any atom is -0.368 e. The molecule has 0 unspecified atom stereocenters. The molecule has 0 aromatic heterocycles. The van der Waals surface area contributed by atoms with E-state index in [1.807, 2.05) is 45.0 Å². The topological polar surface area (TPSA) is 73.0 Å². The van der Waals surface area contributed by atoms with Gasteiger partial charge in [0.05, 0.1) is 11.1 Å². The lowest BCUT2D eigenvalue weighted by Crippen LogP contribution is -2.50. The van der Waals surface area contributed by atoms with Crippen molar-refractivity contribution in [3.05, 3.63) is 58.6 Å². The molecule has 162 valence electrons. The summed E-state index contributed by atoms with van der Waals surface area (Å²) in [6.45, 7) is 8.00. The Bertz CT molecular complexity index is 1060. The van der Waals surface area contributed by atoms with Gasteiger partial charge < -0.3 is 15.1 Å². The molecule has 4 amide bonds. The van der Waals surface area contributed by atoms with Crippen LogP contribution in [0.1, 0.15) is 41.5 Å². The summed E-state index contributed by atoms with van der Waals surface area (Å²) in [7, 11) is 0. The summed E-state index contributed by atoms with van der Waals surface area (Å²) in [5.74, 6) is -0.638. The van der Waals surface area contributed by atoms with Gasteiger partial charge in [-0.05, 0) is 57.2 Å². The van der Waals surface area contributed by atoms with Crippen LogP contribution in [-0.2, 0) is 0 Å². The van der Waals surface area contributed by atoms with Gasteiger partial charge in [-0.2, -0.15) is 0 Å². The fourth-order valence-electron chi connectivity index (χ4n) is 3.97. The van der Waals surface area contributed by atoms with E-state index >= 15 is 0 Å². The lowest BCUT2D eigenvalue weighted by Gasteiger charge is -2.36. The number of hydrogen-bond acceptors (Lipinski definition) is 4. The lowest BCUT2D eigenvalue weighted by atomic mass is 10.1. The fraction of sp³-hybridized carbons (Fsp3) is 0.348. The number of carbonyl (C=O) groups excluding carboxylic acids is 3. The van der Waals surface area contributed by atoms with Gasteiger partial charge in [0.15, 0.2) is 0 Å². The SMILES string of the molecule is CC(C)(C)N1C(=O)c2ccc(NC(=O)N3CCN(c4cccc(Cl)c4)CC3)cc2C1=O. The highest BCUT2D eigenvalue weighted by Gasteiger charge is 2.42. The van der Waals surface area contributed by atoms with Gasteiger partial charge >= 0.3 is 6.03 Å². The maximum atomic E-state index is 12.8. The van der Waals surface area contributed by atoms with Crippen molar-refractivity contribution >= 4 is 40.8 Å². The van der Waals surface area contributed by atoms with Crippen molar-refractivity contribution in [3.63, 3.8) is 0 Å². The van der Waals surface area contributed by atoms with Gasteiger partial charge in [0.25, 0.3) is 11.8 Å². The predicted molar refractivity (Wildman–Crippen MR) is 121 cm³/mol. The van der Waals surface area contributed by atoms with E-state index in [4.69, 9.17) is 11.6 Å². The second-order valence-corrected chi connectivity index (χ2v) is 9.20. The van der Waals surface area contributed by atoms with Crippen molar-refractivity contribution < 1.29 is 14.4 Å². The van der Waals surface area contributed by atoms with Gasteiger partial charge in [0.1, 0.15) is 0 Å². The number of benzene rings is 2. The molecule has 31 heavy (non-hydrogen) atoms. The average molecular weight is 441 g/mol. The van der Waals surface area contributed by atoms with E-state index in [-0.39, 0.29) is 17.8 Å². The van der Waals surface area contributed by atoms with Crippen LogP contribution in [0, 0.1) is 0 Å². The lowest BCUT2D eigenvalue weighted by molar-refractivity contribution is 0.0507. The highest BCUT2D eigenvalue weighted by atomic mass is 35.5. The normalized spacial score (nSPS) is 16.6. The van der Waals surface area contributed by atoms with Crippen molar-refractivity contribution in [1.82, 2.24) is 9.80 Å². The number of nitrogens with zero attached hydrogens (tertiary/aromatic N) is 3. The third-order valence-electron chi connectivity index (χ3n) is 5.55. The first-order valence-electron chi connectivity index (χ1n) is 10.2. The number of anilines is 2. The standard InChI is InChI=1S/C23H25ClN4O3/c1-23(2,3)28-20(29)18-8-7-16(14-19(18)21(28)30)25-22(31)27-11-9-26(10-12-27)17-6-4-5-15(24)13-17/h4-8,13-14H,9-12H2,1-3H3,(H,25,31). The zero-order valence-corrected chi connectivity index (χ0v) is 18.6. The number of urea groups is 1. The molecule has 0 radical (unpaired) electrons. The van der Waals surface area contributed by atoms with E-state index in [9.17, 15) is 14.4 Å². The number of imide groups is 1. The van der Waals surface area contributed by atoms with E-state index in [0.717, 1.165) is 5.69 Å². The van der Waals surface area contributed by atoms with Crippen molar-refractivity contribution in [2.75, 3.05) is 36.4 Å². The number of hydrogen-bond donors (Lipinski definition) is 1. The maximum absolute atomic E-state index is 12.8. The van der Waals surface area contributed by atoms with Crippen LogP contribution in [-0.4, -0.2) is 59.4 Å². The minimum absolute atomic E-state index is 0.227. The smallest absolute Gasteiger partial charge is 0.321 e. The van der Waals surface area contributed by atoms with Crippen LogP contribution in [0.3, 0.4) is 0 Å². The Labute approximate surface area is 186 Å². The summed E-state index contributed by atoms with van der Waals surface area (Å²) < 4.78 is 0. The van der Waals surface area contributed by atoms with Crippen molar-refractivity contribution in [2.24, 2.45) is 0 Å². The monoisotopic (exact) mass is 440 g/mol. The van der Waals surface area contributed by atoms with Crippen LogP contribution in [0.25, 0.3) is 0 Å². The zero-order chi connectivity index (χ0) is 22.3. The Morgan fingerprint density at radius 2 is 1.61 bits per heavy atom. The van der Waals surface area contributed by atoms with E-state index in [0.29, 0.717) is 48.0 Å². The quantitative estimate of drug-likeness (QED) is 0.714. The molecular formula is C23H25ClN4O3. The molecule has 2 aromatic carbocycles. The maximum Gasteiger partial charge on any atom is 0.321 e. The summed E-state index contributed by atoms with van der Waals surface area (Å²) in [6, 6.07) is 12.3. The van der Waals surface area contributed by atoms with Crippen LogP contribution in [0.15, 0.2) is 42.5 Å². The molecule has 1 N–H and O–H groups in total. The van der Waals surface area contributed by atoms with Crippen LogP contribution in [0.4, 0.5) is 16.2 Å². The summed E-state index contributed by atoms with van der Waals surface area (Å²) in [4.78, 5) is 43.3. The predicted octanol–water partition coefficient (Wildman–Crippen LogP) is 4.09. The molecule has 8 heteroatoms. The molecule has 2 aliphatic heterocycles. The Morgan fingerprint density at radius 1 is 0.935 bits per heavy atom. The number of nitrogens with one attached hydrogen (secondary N) is 1. The summed E-state index contributed by atoms with van der Waals surface area (Å²) in [5.41, 5.74) is 1.62. The number of piperazine rings is 1. The molecule has 0 bridgehead atoms. The second kappa shape index (κ2) is 7.89. The first kappa shape index (κ1) is 21.2. The number of halogens is 1. The largest absolute Gasteiger partial charge is 0.368 e. The van der Waals surface area contributed by atoms with Crippen molar-refractivity contribution in [3.8, 4) is 0 Å². The number of rotatable bonds is 2. The third kappa shape index (κ3) is 4.10. The van der Waals surface area contributed by atoms with Gasteiger partial charge in [-0.25, -0.2) is 4.79 Å². The van der Waals surface area contributed by atoms with Gasteiger partial charge in [-0.15, -0.1) is 0 Å². The molecule has 2 aromatic rings. The van der Waals surface area contributed by atoms with Crippen molar-refractivity contribution in [1.29, 1.82) is 0 Å². The molecule has 0 aliphatic carbocycles. The van der Waals surface area contributed by atoms with Crippen LogP contribution < -0.4 is 10.2 Å². The highest BCUT2D eigenvalue weighted by molar-refractivity contribution is 6.30. The first-order valence-corrected chi connectivity index (χ1v) is 10.6. The number of fused-ring (bicyclic) bond motifs is 1. The van der Waals surface area contributed by atoms with E-state index in [1.54, 1.807) is 23.1 Å². The molecule has 7 nitrogen and oxygen atoms in total. The molecule has 1 fully saturated rings. The first-order chi connectivity index (χ1) is 14.6. The van der Waals surface area contributed by atoms with Crippen LogP contribution in [0.5, 0.6) is 0 Å². The number of amides is 4. The highest BCUT2D eigenvalue weighted by Crippen LogP contribution is 2.31. The molecule has 0 saturated carbocycles. The van der Waals surface area contributed by atoms with Crippen LogP contribution in [0.2, 0.25) is 5.02 Å². The molecule has 2 heterocycles. The minimum atomic E-state index is -0.612. The van der Waals surface area contributed by atoms with Crippen molar-refractivity contribution in [2.45, 2.75) is 26.3 Å². The number of carbonyl (C=O) groups is 3. The second-order valence-electron chi connectivity index (χ2n) is 8.76. The molecule has 1 saturated heterocycles. The van der Waals surface area contributed by atoms with Gasteiger partial charge in [-0.3, -0.25) is 14.5 Å². The van der Waals surface area contributed by atoms with Gasteiger partial charge in [0, 0.05) is 48.1 Å². The van der Waals surface area contributed by atoms with E-state index in [1.165, 1.54) is 4.90 Å². The summed E-state index contributed by atoms with van der Waals surface area (Å²) >= 11 is 6.08. The van der Waals surface area contributed by atoms with Crippen LogP contribution >= 0.6 is 11.6 Å². The molecular weight excluding hydrogens is 416 g/mol. The molecule has 0 spiro atoms. The fourth-order valence-corrected chi connectivity index (χ4v) is 4.16. The molecule has 0 atom stereocenters. The summed E-state index contributed by atoms with van der Waals surface area (Å²) in [5, 5.41) is 3.55. The Kier molecular flexibility index (Phi) is 5.39. The Hall–Kier alpha value is -3.06.